The van der Waals surface area contributed by atoms with Gasteiger partial charge in [0, 0.05) is 42.4 Å². The first-order valence-corrected chi connectivity index (χ1v) is 11.9. The van der Waals surface area contributed by atoms with Crippen LogP contribution in [0.3, 0.4) is 0 Å². The molecule has 180 valence electrons. The molecule has 0 saturated carbocycles. The third kappa shape index (κ3) is 5.34. The lowest BCUT2D eigenvalue weighted by Crippen LogP contribution is -2.49. The molecule has 3 atom stereocenters. The first kappa shape index (κ1) is 24.0. The Morgan fingerprint density at radius 2 is 1.62 bits per heavy atom. The third-order valence-corrected chi connectivity index (χ3v) is 6.75. The second-order valence-corrected chi connectivity index (χ2v) is 10.3. The van der Waals surface area contributed by atoms with Gasteiger partial charge in [0.15, 0.2) is 5.78 Å². The first-order chi connectivity index (χ1) is 16.1. The molecule has 6 nitrogen and oxygen atoms in total. The van der Waals surface area contributed by atoms with Gasteiger partial charge in [-0.2, -0.15) is 0 Å². The van der Waals surface area contributed by atoms with Crippen molar-refractivity contribution in [2.75, 3.05) is 0 Å². The number of carbonyl (C=O) groups is 3. The highest BCUT2D eigenvalue weighted by atomic mass is 19.1. The van der Waals surface area contributed by atoms with E-state index < -0.39 is 17.3 Å². The van der Waals surface area contributed by atoms with Crippen molar-refractivity contribution in [2.45, 2.75) is 76.5 Å². The number of halogens is 1. The summed E-state index contributed by atoms with van der Waals surface area (Å²) in [6, 6.07) is 8.86. The molecule has 1 aromatic carbocycles. The number of nitrogens with zero attached hydrogens (tertiary/aromatic N) is 2. The average Bonchev–Trinajstić information content (AvgIpc) is 3.06. The number of ketones is 2. The van der Waals surface area contributed by atoms with Crippen LogP contribution in [0.1, 0.15) is 74.7 Å². The van der Waals surface area contributed by atoms with Gasteiger partial charge in [-0.1, -0.05) is 0 Å². The minimum Gasteiger partial charge on any atom is -0.444 e. The monoisotopic (exact) mass is 466 g/mol. The molecule has 1 amide bonds. The van der Waals surface area contributed by atoms with Crippen molar-refractivity contribution in [3.05, 3.63) is 65.7 Å². The lowest BCUT2D eigenvalue weighted by atomic mass is 9.80. The van der Waals surface area contributed by atoms with Crippen molar-refractivity contribution < 1.29 is 23.5 Å². The Kier molecular flexibility index (Phi) is 6.82. The van der Waals surface area contributed by atoms with Crippen molar-refractivity contribution in [3.63, 3.8) is 0 Å². The van der Waals surface area contributed by atoms with E-state index in [0.717, 1.165) is 12.8 Å². The summed E-state index contributed by atoms with van der Waals surface area (Å²) < 4.78 is 19.0. The molecule has 0 N–H and O–H groups in total. The predicted octanol–water partition coefficient (Wildman–Crippen LogP) is 5.32. The second kappa shape index (κ2) is 9.65. The fourth-order valence-electron chi connectivity index (χ4n) is 5.19. The van der Waals surface area contributed by atoms with E-state index in [1.54, 1.807) is 24.5 Å². The molecule has 2 aromatic rings. The summed E-state index contributed by atoms with van der Waals surface area (Å²) in [6.45, 7) is 5.54. The zero-order valence-corrected chi connectivity index (χ0v) is 19.9. The van der Waals surface area contributed by atoms with Crippen LogP contribution in [0, 0.1) is 11.7 Å². The van der Waals surface area contributed by atoms with Crippen LogP contribution in [-0.4, -0.2) is 45.2 Å². The molecule has 7 heteroatoms. The Morgan fingerprint density at radius 3 is 2.18 bits per heavy atom. The normalized spacial score (nSPS) is 22.8. The highest BCUT2D eigenvalue weighted by Gasteiger charge is 2.46. The zero-order valence-electron chi connectivity index (χ0n) is 19.9. The topological polar surface area (TPSA) is 76.6 Å². The lowest BCUT2D eigenvalue weighted by molar-refractivity contribution is -0.125. The molecular formula is C27H31FN2O4. The molecule has 34 heavy (non-hydrogen) atoms. The molecule has 2 fully saturated rings. The number of carbonyl (C=O) groups excluding carboxylic acids is 3. The van der Waals surface area contributed by atoms with Gasteiger partial charge in [0.2, 0.25) is 0 Å². The van der Waals surface area contributed by atoms with Crippen LogP contribution in [-0.2, 0) is 9.53 Å². The van der Waals surface area contributed by atoms with E-state index in [0.29, 0.717) is 24.0 Å². The number of hydrogen-bond donors (Lipinski definition) is 0. The summed E-state index contributed by atoms with van der Waals surface area (Å²) in [6.07, 6.45) is 5.84. The lowest BCUT2D eigenvalue weighted by Gasteiger charge is -2.39. The minimum absolute atomic E-state index is 0.0188. The summed E-state index contributed by atoms with van der Waals surface area (Å²) in [5, 5.41) is 0. The highest BCUT2D eigenvalue weighted by molar-refractivity contribution is 6.03. The van der Waals surface area contributed by atoms with Gasteiger partial charge in [-0.25, -0.2) is 9.18 Å². The Balaban J connectivity index is 1.49. The van der Waals surface area contributed by atoms with E-state index in [2.05, 4.69) is 4.98 Å². The summed E-state index contributed by atoms with van der Waals surface area (Å²) in [5.74, 6) is -1.48. The number of fused-ring (bicyclic) bond motifs is 2. The van der Waals surface area contributed by atoms with Gasteiger partial charge >= 0.3 is 6.09 Å². The van der Waals surface area contributed by atoms with Crippen LogP contribution in [0.2, 0.25) is 0 Å². The molecular weight excluding hydrogens is 435 g/mol. The van der Waals surface area contributed by atoms with Gasteiger partial charge in [-0.15, -0.1) is 0 Å². The number of rotatable bonds is 6. The van der Waals surface area contributed by atoms with Crippen molar-refractivity contribution in [2.24, 2.45) is 5.92 Å². The zero-order chi connectivity index (χ0) is 24.5. The van der Waals surface area contributed by atoms with Gasteiger partial charge in [0.25, 0.3) is 0 Å². The highest BCUT2D eigenvalue weighted by Crippen LogP contribution is 2.41. The molecule has 2 aliphatic rings. The van der Waals surface area contributed by atoms with Gasteiger partial charge in [-0.3, -0.25) is 14.6 Å². The Bertz CT molecular complexity index is 1030. The van der Waals surface area contributed by atoms with Gasteiger partial charge < -0.3 is 9.64 Å². The molecule has 4 rings (SSSR count). The van der Waals surface area contributed by atoms with E-state index in [1.807, 2.05) is 25.7 Å². The van der Waals surface area contributed by atoms with Crippen molar-refractivity contribution in [1.82, 2.24) is 9.88 Å². The molecule has 1 aromatic heterocycles. The van der Waals surface area contributed by atoms with Crippen LogP contribution < -0.4 is 0 Å². The summed E-state index contributed by atoms with van der Waals surface area (Å²) >= 11 is 0. The van der Waals surface area contributed by atoms with Crippen LogP contribution in [0.15, 0.2) is 48.8 Å². The van der Waals surface area contributed by atoms with E-state index in [1.165, 1.54) is 24.3 Å². The maximum Gasteiger partial charge on any atom is 0.410 e. The summed E-state index contributed by atoms with van der Waals surface area (Å²) in [4.78, 5) is 45.3. The smallest absolute Gasteiger partial charge is 0.410 e. The Morgan fingerprint density at radius 1 is 1.03 bits per heavy atom. The number of aromatic nitrogens is 1. The Labute approximate surface area is 199 Å². The fraction of sp³-hybridized carbons (Fsp3) is 0.481. The predicted molar refractivity (Wildman–Crippen MR) is 125 cm³/mol. The molecule has 2 saturated heterocycles. The molecule has 0 radical (unpaired) electrons. The quantitative estimate of drug-likeness (QED) is 0.538. The SMILES string of the molecule is CC(C)(C)OC(=O)N1C2CCC1CC(C(=O)CC(C(=O)c1ccc(F)cc1)c1ccncc1)C2. The number of ether oxygens (including phenoxy) is 1. The molecule has 2 aliphatic heterocycles. The Hall–Kier alpha value is -3.09. The van der Waals surface area contributed by atoms with E-state index in [9.17, 15) is 18.8 Å². The van der Waals surface area contributed by atoms with Crippen LogP contribution in [0.25, 0.3) is 0 Å². The molecule has 2 bridgehead atoms. The fourth-order valence-corrected chi connectivity index (χ4v) is 5.19. The van der Waals surface area contributed by atoms with E-state index in [4.69, 9.17) is 4.74 Å². The maximum atomic E-state index is 13.4. The molecule has 0 spiro atoms. The second-order valence-electron chi connectivity index (χ2n) is 10.3. The third-order valence-electron chi connectivity index (χ3n) is 6.75. The van der Waals surface area contributed by atoms with Gasteiger partial charge in [0.1, 0.15) is 17.2 Å². The number of Topliss-reactive ketones (excluding diaryl/α,β-unsaturated/α-hetero) is 2. The van der Waals surface area contributed by atoms with Gasteiger partial charge in [-0.05, 0) is 88.4 Å². The molecule has 3 heterocycles. The number of hydrogen-bond acceptors (Lipinski definition) is 5. The average molecular weight is 467 g/mol. The minimum atomic E-state index is -0.664. The number of benzene rings is 1. The largest absolute Gasteiger partial charge is 0.444 e. The van der Waals surface area contributed by atoms with Crippen LogP contribution in [0.5, 0.6) is 0 Å². The van der Waals surface area contributed by atoms with Crippen molar-refractivity contribution in [3.8, 4) is 0 Å². The van der Waals surface area contributed by atoms with E-state index in [-0.39, 0.29) is 42.1 Å². The molecule has 3 unspecified atom stereocenters. The van der Waals surface area contributed by atoms with E-state index >= 15 is 0 Å². The number of amides is 1. The summed E-state index contributed by atoms with van der Waals surface area (Å²) in [5.41, 5.74) is 0.518. The number of pyridine rings is 1. The van der Waals surface area contributed by atoms with Crippen LogP contribution in [0.4, 0.5) is 9.18 Å². The van der Waals surface area contributed by atoms with Crippen molar-refractivity contribution in [1.29, 1.82) is 0 Å². The standard InChI is InChI=1S/C27H31FN2O4/c1-27(2,3)34-26(33)30-21-8-9-22(30)15-19(14-21)24(31)16-23(17-10-12-29-13-11-17)25(32)18-4-6-20(28)7-5-18/h4-7,10-13,19,21-23H,8-9,14-16H2,1-3H3. The van der Waals surface area contributed by atoms with Crippen molar-refractivity contribution >= 4 is 17.7 Å². The van der Waals surface area contributed by atoms with Gasteiger partial charge in [0.05, 0.1) is 5.92 Å². The summed E-state index contributed by atoms with van der Waals surface area (Å²) in [7, 11) is 0. The maximum absolute atomic E-state index is 13.4. The number of piperidine rings is 1. The molecule has 0 aliphatic carbocycles. The van der Waals surface area contributed by atoms with Crippen LogP contribution >= 0.6 is 0 Å². The first-order valence-electron chi connectivity index (χ1n) is 11.9.